The van der Waals surface area contributed by atoms with Crippen LogP contribution >= 0.6 is 0 Å². The van der Waals surface area contributed by atoms with Crippen LogP contribution in [0.25, 0.3) is 10.8 Å². The zero-order valence-corrected chi connectivity index (χ0v) is 35.4. The third-order valence-electron chi connectivity index (χ3n) is 11.0. The number of primary amides is 1. The molecule has 8 amide bonds. The maximum absolute atomic E-state index is 14.7. The van der Waals surface area contributed by atoms with Crippen LogP contribution in [0, 0.1) is 11.8 Å². The zero-order valence-electron chi connectivity index (χ0n) is 35.4. The lowest BCUT2D eigenvalue weighted by molar-refractivity contribution is -0.143. The van der Waals surface area contributed by atoms with Crippen molar-refractivity contribution in [1.29, 1.82) is 0 Å². The number of carbonyl (C=O) groups excluding carboxylic acids is 8. The number of benzene rings is 3. The Bertz CT molecular complexity index is 2090. The van der Waals surface area contributed by atoms with Gasteiger partial charge in [0.15, 0.2) is 0 Å². The molecule has 3 aromatic rings. The van der Waals surface area contributed by atoms with Gasteiger partial charge in [-0.25, -0.2) is 9.59 Å². The van der Waals surface area contributed by atoms with Crippen LogP contribution in [0.3, 0.4) is 0 Å². The first kappa shape index (κ1) is 46.5. The van der Waals surface area contributed by atoms with E-state index in [2.05, 4.69) is 31.9 Å². The summed E-state index contributed by atoms with van der Waals surface area (Å²) in [5.74, 6) is -5.27. The number of amides is 8. The standard InChI is InChI=1S/C45H58N8O9/c1-4-14-34(39(55)42(58)47-24-36(54)51-37(40(46)56)29-16-7-5-8-17-29)49-41(57)35-23-31(48-44(60)50-33-22-13-20-28-15-11-12-21-32(28)33)25-53(35)43(59)38(30-18-9-6-10-19-30)52-45(61)62-26-27(2)3/h5,7-8,11-13,15-17,20-22,27,30-31,34-35,37-38H,4,6,9-10,14,18-19,23-26H2,1-3H3,(H2,46,56)(H,47,58)(H,49,57)(H,51,54)(H,52,61)(H2,48,50,60). The van der Waals surface area contributed by atoms with E-state index in [4.69, 9.17) is 10.5 Å². The Morgan fingerprint density at radius 3 is 2.23 bits per heavy atom. The Morgan fingerprint density at radius 1 is 0.839 bits per heavy atom. The van der Waals surface area contributed by atoms with E-state index in [0.717, 1.165) is 30.0 Å². The number of alkyl carbamates (subject to hydrolysis) is 1. The Morgan fingerprint density at radius 2 is 1.53 bits per heavy atom. The second-order valence-electron chi connectivity index (χ2n) is 16.3. The fourth-order valence-electron chi connectivity index (χ4n) is 7.96. The van der Waals surface area contributed by atoms with Gasteiger partial charge >= 0.3 is 12.1 Å². The first-order chi connectivity index (χ1) is 29.7. The van der Waals surface area contributed by atoms with Crippen LogP contribution in [-0.2, 0) is 33.5 Å². The summed E-state index contributed by atoms with van der Waals surface area (Å²) in [5, 5.41) is 17.7. The highest BCUT2D eigenvalue weighted by Crippen LogP contribution is 2.30. The maximum Gasteiger partial charge on any atom is 0.407 e. The first-order valence-electron chi connectivity index (χ1n) is 21.3. The van der Waals surface area contributed by atoms with Crippen molar-refractivity contribution >= 4 is 63.9 Å². The minimum atomic E-state index is -1.34. The van der Waals surface area contributed by atoms with E-state index < -0.39 is 84.2 Å². The minimum absolute atomic E-state index is 0.0441. The van der Waals surface area contributed by atoms with Crippen molar-refractivity contribution in [3.63, 3.8) is 0 Å². The Hall–Kier alpha value is -6.52. The van der Waals surface area contributed by atoms with Gasteiger partial charge in [-0.05, 0) is 54.5 Å². The molecule has 1 heterocycles. The highest BCUT2D eigenvalue weighted by molar-refractivity contribution is 6.38. The van der Waals surface area contributed by atoms with Gasteiger partial charge in [0.05, 0.1) is 30.9 Å². The van der Waals surface area contributed by atoms with E-state index in [1.807, 2.05) is 50.2 Å². The van der Waals surface area contributed by atoms with Crippen molar-refractivity contribution < 1.29 is 43.1 Å². The van der Waals surface area contributed by atoms with E-state index in [0.29, 0.717) is 30.5 Å². The number of nitrogens with zero attached hydrogens (tertiary/aromatic N) is 1. The van der Waals surface area contributed by atoms with E-state index in [-0.39, 0.29) is 37.8 Å². The molecule has 3 aromatic carbocycles. The Kier molecular flexibility index (Phi) is 16.8. The number of urea groups is 1. The van der Waals surface area contributed by atoms with Gasteiger partial charge in [-0.1, -0.05) is 113 Å². The molecule has 17 heteroatoms. The molecule has 1 aliphatic carbocycles. The van der Waals surface area contributed by atoms with Crippen molar-refractivity contribution in [3.8, 4) is 0 Å². The number of nitrogens with one attached hydrogen (secondary N) is 6. The Balaban J connectivity index is 1.32. The molecule has 1 saturated carbocycles. The molecule has 5 unspecified atom stereocenters. The second kappa shape index (κ2) is 22.4. The van der Waals surface area contributed by atoms with E-state index in [1.54, 1.807) is 43.3 Å². The predicted octanol–water partition coefficient (Wildman–Crippen LogP) is 3.57. The summed E-state index contributed by atoms with van der Waals surface area (Å²) in [7, 11) is 0. The van der Waals surface area contributed by atoms with Gasteiger partial charge in [-0.15, -0.1) is 0 Å². The molecule has 332 valence electrons. The van der Waals surface area contributed by atoms with Crippen LogP contribution in [0.15, 0.2) is 72.8 Å². The molecule has 0 radical (unpaired) electrons. The number of hydrogen-bond donors (Lipinski definition) is 7. The molecule has 0 aromatic heterocycles. The summed E-state index contributed by atoms with van der Waals surface area (Å²) in [6.45, 7) is 4.91. The summed E-state index contributed by atoms with van der Waals surface area (Å²) < 4.78 is 5.40. The quantitative estimate of drug-likeness (QED) is 0.0924. The maximum atomic E-state index is 14.7. The molecule has 0 spiro atoms. The van der Waals surface area contributed by atoms with Crippen LogP contribution in [0.2, 0.25) is 0 Å². The molecule has 0 bridgehead atoms. The average Bonchev–Trinajstić information content (AvgIpc) is 3.69. The third-order valence-corrected chi connectivity index (χ3v) is 11.0. The van der Waals surface area contributed by atoms with Crippen LogP contribution < -0.4 is 37.6 Å². The van der Waals surface area contributed by atoms with Crippen LogP contribution in [0.1, 0.15) is 83.7 Å². The number of hydrogen-bond acceptors (Lipinski definition) is 9. The molecule has 17 nitrogen and oxygen atoms in total. The lowest BCUT2D eigenvalue weighted by Crippen LogP contribution is -2.58. The highest BCUT2D eigenvalue weighted by atomic mass is 16.5. The molecule has 2 fully saturated rings. The highest BCUT2D eigenvalue weighted by Gasteiger charge is 2.45. The van der Waals surface area contributed by atoms with E-state index in [9.17, 15) is 38.4 Å². The number of rotatable bonds is 18. The van der Waals surface area contributed by atoms with Gasteiger partial charge < -0.3 is 47.3 Å². The number of Topliss-reactive ketones (excluding diaryl/α,β-unsaturated/α-hetero) is 1. The van der Waals surface area contributed by atoms with Crippen LogP contribution in [-0.4, -0.2) is 96.2 Å². The SMILES string of the molecule is CCCC(NC(=O)C1CC(NC(=O)Nc2cccc3ccccc23)CN1C(=O)C(NC(=O)OCC(C)C)C1CCCCC1)C(=O)C(=O)NCC(=O)NC(C(N)=O)c1ccccc1. The lowest BCUT2D eigenvalue weighted by atomic mass is 9.83. The first-order valence-corrected chi connectivity index (χ1v) is 21.3. The molecule has 8 N–H and O–H groups in total. The summed E-state index contributed by atoms with van der Waals surface area (Å²) in [6.07, 6.45) is 3.63. The molecule has 5 atom stereocenters. The number of anilines is 1. The molecule has 1 aliphatic heterocycles. The number of nitrogens with two attached hydrogens (primary N) is 1. The summed E-state index contributed by atoms with van der Waals surface area (Å²) in [5.41, 5.74) is 6.48. The largest absolute Gasteiger partial charge is 0.449 e. The molecule has 5 rings (SSSR count). The number of fused-ring (bicyclic) bond motifs is 1. The van der Waals surface area contributed by atoms with Gasteiger partial charge in [0.2, 0.25) is 29.4 Å². The van der Waals surface area contributed by atoms with Crippen molar-refractivity contribution in [2.24, 2.45) is 17.6 Å². The molecule has 62 heavy (non-hydrogen) atoms. The molecular formula is C45H58N8O9. The van der Waals surface area contributed by atoms with E-state index >= 15 is 0 Å². The van der Waals surface area contributed by atoms with Crippen molar-refractivity contribution in [2.75, 3.05) is 25.0 Å². The van der Waals surface area contributed by atoms with Crippen LogP contribution in [0.4, 0.5) is 15.3 Å². The average molecular weight is 855 g/mol. The van der Waals surface area contributed by atoms with Crippen molar-refractivity contribution in [1.82, 2.24) is 31.5 Å². The smallest absolute Gasteiger partial charge is 0.407 e. The van der Waals surface area contributed by atoms with Gasteiger partial charge in [-0.3, -0.25) is 28.8 Å². The number of ketones is 1. The van der Waals surface area contributed by atoms with Crippen molar-refractivity contribution in [3.05, 3.63) is 78.4 Å². The predicted molar refractivity (Wildman–Crippen MR) is 231 cm³/mol. The van der Waals surface area contributed by atoms with Gasteiger partial charge in [0, 0.05) is 11.9 Å². The zero-order chi connectivity index (χ0) is 44.8. The summed E-state index contributed by atoms with van der Waals surface area (Å²) >= 11 is 0. The van der Waals surface area contributed by atoms with Crippen molar-refractivity contribution in [2.45, 2.75) is 102 Å². The van der Waals surface area contributed by atoms with Gasteiger partial charge in [0.25, 0.3) is 5.91 Å². The topological polar surface area (TPSA) is 247 Å². The number of likely N-dealkylation sites (tertiary alicyclic amines) is 1. The molecule has 1 saturated heterocycles. The molecule has 2 aliphatic rings. The summed E-state index contributed by atoms with van der Waals surface area (Å²) in [6, 6.07) is 15.2. The summed E-state index contributed by atoms with van der Waals surface area (Å²) in [4.78, 5) is 108. The normalized spacial score (nSPS) is 17.8. The number of carbonyl (C=O) groups is 8. The van der Waals surface area contributed by atoms with Gasteiger partial charge in [0.1, 0.15) is 18.1 Å². The van der Waals surface area contributed by atoms with Gasteiger partial charge in [-0.2, -0.15) is 0 Å². The Labute approximate surface area is 361 Å². The van der Waals surface area contributed by atoms with Crippen LogP contribution in [0.5, 0.6) is 0 Å². The fraction of sp³-hybridized carbons (Fsp3) is 0.467. The number of ether oxygens (including phenoxy) is 1. The molecular weight excluding hydrogens is 797 g/mol. The second-order valence-corrected chi connectivity index (χ2v) is 16.3. The lowest BCUT2D eigenvalue weighted by Gasteiger charge is -2.34. The third kappa shape index (κ3) is 12.8. The van der Waals surface area contributed by atoms with E-state index in [1.165, 1.54) is 4.90 Å². The monoisotopic (exact) mass is 854 g/mol. The minimum Gasteiger partial charge on any atom is -0.449 e. The fourth-order valence-corrected chi connectivity index (χ4v) is 7.96.